The van der Waals surface area contributed by atoms with Crippen molar-refractivity contribution in [1.29, 1.82) is 0 Å². The molecule has 26 heavy (non-hydrogen) atoms. The van der Waals surface area contributed by atoms with Gasteiger partial charge in [-0.3, -0.25) is 9.59 Å². The van der Waals surface area contributed by atoms with Crippen molar-refractivity contribution in [3.05, 3.63) is 59.3 Å². The second-order valence-corrected chi connectivity index (χ2v) is 6.38. The van der Waals surface area contributed by atoms with E-state index in [4.69, 9.17) is 9.47 Å². The summed E-state index contributed by atoms with van der Waals surface area (Å²) in [5, 5.41) is 10.4. The Hall–Kier alpha value is -3.28. The van der Waals surface area contributed by atoms with Crippen LogP contribution >= 0.6 is 0 Å². The second kappa shape index (κ2) is 6.22. The molecule has 0 aliphatic carbocycles. The van der Waals surface area contributed by atoms with Gasteiger partial charge >= 0.3 is 5.97 Å². The number of carboxylic acids is 1. The molecule has 4 rings (SSSR count). The van der Waals surface area contributed by atoms with Gasteiger partial charge in [0.05, 0.1) is 5.92 Å². The molecule has 3 aromatic rings. The van der Waals surface area contributed by atoms with E-state index in [1.165, 1.54) is 0 Å². The molecule has 1 aromatic heterocycles. The fraction of sp³-hybridized carbons (Fsp3) is 0.200. The predicted molar refractivity (Wildman–Crippen MR) is 94.9 cm³/mol. The third-order valence-electron chi connectivity index (χ3n) is 4.64. The number of fused-ring (bicyclic) bond motifs is 2. The predicted octanol–water partition coefficient (Wildman–Crippen LogP) is 3.65. The quantitative estimate of drug-likeness (QED) is 0.685. The molecular formula is C20H17NO5. The maximum Gasteiger partial charge on any atom is 0.311 e. The number of aromatic amines is 1. The zero-order chi connectivity index (χ0) is 18.3. The summed E-state index contributed by atoms with van der Waals surface area (Å²) in [5.74, 6) is -0.990. The van der Waals surface area contributed by atoms with Crippen LogP contribution in [0, 0.1) is 6.92 Å². The van der Waals surface area contributed by atoms with E-state index in [2.05, 4.69) is 4.98 Å². The number of nitrogens with one attached hydrogen (secondary N) is 1. The van der Waals surface area contributed by atoms with Gasteiger partial charge in [-0.2, -0.15) is 0 Å². The lowest BCUT2D eigenvalue weighted by atomic mass is 9.91. The molecule has 132 valence electrons. The Kier molecular flexibility index (Phi) is 3.88. The monoisotopic (exact) mass is 351 g/mol. The van der Waals surface area contributed by atoms with Crippen LogP contribution in [-0.4, -0.2) is 28.6 Å². The highest BCUT2D eigenvalue weighted by molar-refractivity contribution is 6.00. The molecular weight excluding hydrogens is 334 g/mol. The first-order valence-electron chi connectivity index (χ1n) is 8.26. The van der Waals surface area contributed by atoms with E-state index in [0.717, 1.165) is 16.5 Å². The van der Waals surface area contributed by atoms with Crippen molar-refractivity contribution >= 4 is 22.7 Å². The summed E-state index contributed by atoms with van der Waals surface area (Å²) in [4.78, 5) is 27.5. The maximum absolute atomic E-state index is 12.6. The van der Waals surface area contributed by atoms with E-state index in [1.54, 1.807) is 30.5 Å². The van der Waals surface area contributed by atoms with Crippen molar-refractivity contribution in [2.75, 3.05) is 6.79 Å². The molecule has 0 saturated heterocycles. The lowest BCUT2D eigenvalue weighted by molar-refractivity contribution is -0.138. The number of ketones is 1. The molecule has 0 saturated carbocycles. The van der Waals surface area contributed by atoms with Crippen LogP contribution in [0.4, 0.5) is 0 Å². The number of carbonyl (C=O) groups is 2. The molecule has 0 radical (unpaired) electrons. The minimum absolute atomic E-state index is 0.111. The molecule has 0 spiro atoms. The first-order valence-corrected chi connectivity index (χ1v) is 8.26. The Morgan fingerprint density at radius 1 is 1.15 bits per heavy atom. The van der Waals surface area contributed by atoms with Crippen molar-refractivity contribution in [1.82, 2.24) is 4.98 Å². The molecule has 1 aliphatic heterocycles. The summed E-state index contributed by atoms with van der Waals surface area (Å²) in [7, 11) is 0. The number of carboxylic acid groups (broad SMARTS) is 1. The largest absolute Gasteiger partial charge is 0.481 e. The number of aryl methyl sites for hydroxylation is 1. The fourth-order valence-electron chi connectivity index (χ4n) is 3.19. The van der Waals surface area contributed by atoms with Crippen LogP contribution in [0.2, 0.25) is 0 Å². The van der Waals surface area contributed by atoms with E-state index in [0.29, 0.717) is 22.6 Å². The number of Topliss-reactive ketones (excluding diaryl/α,β-unsaturated/α-hetero) is 1. The number of aliphatic carboxylic acids is 1. The van der Waals surface area contributed by atoms with Crippen LogP contribution in [0.15, 0.2) is 42.6 Å². The SMILES string of the molecule is Cc1ccc(C(=O)CC(C(=O)O)c2c[nH]c3cc4c(cc23)OCO4)cc1. The standard InChI is InChI=1S/C20H17NO5/c1-11-2-4-12(5-3-11)17(22)6-14(20(23)24)15-9-21-16-8-19-18(7-13(15)16)25-10-26-19/h2-5,7-9,14,21H,6,10H2,1H3,(H,23,24). The van der Waals surface area contributed by atoms with Gasteiger partial charge in [0.1, 0.15) is 0 Å². The Morgan fingerprint density at radius 3 is 2.54 bits per heavy atom. The highest BCUT2D eigenvalue weighted by Crippen LogP contribution is 2.39. The van der Waals surface area contributed by atoms with Crippen LogP contribution in [0.1, 0.15) is 33.8 Å². The van der Waals surface area contributed by atoms with E-state index < -0.39 is 11.9 Å². The minimum Gasteiger partial charge on any atom is -0.481 e. The van der Waals surface area contributed by atoms with E-state index >= 15 is 0 Å². The van der Waals surface area contributed by atoms with Crippen LogP contribution in [-0.2, 0) is 4.79 Å². The summed E-state index contributed by atoms with van der Waals surface area (Å²) in [5.41, 5.74) is 2.87. The number of hydrogen-bond donors (Lipinski definition) is 2. The number of ether oxygens (including phenoxy) is 2. The number of aromatic nitrogens is 1. The normalized spacial score (nSPS) is 13.7. The van der Waals surface area contributed by atoms with Crippen LogP contribution < -0.4 is 9.47 Å². The van der Waals surface area contributed by atoms with Gasteiger partial charge in [0, 0.05) is 35.2 Å². The minimum atomic E-state index is -1.04. The zero-order valence-corrected chi connectivity index (χ0v) is 14.1. The Balaban J connectivity index is 1.68. The second-order valence-electron chi connectivity index (χ2n) is 6.38. The molecule has 1 aliphatic rings. The van der Waals surface area contributed by atoms with Crippen LogP contribution in [0.25, 0.3) is 10.9 Å². The average Bonchev–Trinajstić information content (AvgIpc) is 3.24. The van der Waals surface area contributed by atoms with Gasteiger partial charge < -0.3 is 19.6 Å². The molecule has 1 unspecified atom stereocenters. The van der Waals surface area contributed by atoms with Crippen molar-refractivity contribution in [3.63, 3.8) is 0 Å². The Bertz CT molecular complexity index is 1000. The lowest BCUT2D eigenvalue weighted by Crippen LogP contribution is -2.16. The Labute approximate surface area is 149 Å². The lowest BCUT2D eigenvalue weighted by Gasteiger charge is -2.11. The molecule has 0 bridgehead atoms. The molecule has 2 heterocycles. The maximum atomic E-state index is 12.6. The molecule has 2 aromatic carbocycles. The zero-order valence-electron chi connectivity index (χ0n) is 14.1. The molecule has 6 nitrogen and oxygen atoms in total. The van der Waals surface area contributed by atoms with Gasteiger partial charge in [0.25, 0.3) is 0 Å². The van der Waals surface area contributed by atoms with Gasteiger partial charge in [0.2, 0.25) is 6.79 Å². The van der Waals surface area contributed by atoms with Crippen molar-refractivity contribution in [2.45, 2.75) is 19.3 Å². The molecule has 2 N–H and O–H groups in total. The summed E-state index contributed by atoms with van der Waals surface area (Å²) in [6.07, 6.45) is 1.53. The number of hydrogen-bond acceptors (Lipinski definition) is 4. The van der Waals surface area contributed by atoms with Crippen molar-refractivity contribution in [2.24, 2.45) is 0 Å². The average molecular weight is 351 g/mol. The third kappa shape index (κ3) is 2.79. The molecule has 6 heteroatoms. The van der Waals surface area contributed by atoms with Crippen LogP contribution in [0.5, 0.6) is 11.5 Å². The van der Waals surface area contributed by atoms with Gasteiger partial charge in [-0.1, -0.05) is 29.8 Å². The topological polar surface area (TPSA) is 88.6 Å². The summed E-state index contributed by atoms with van der Waals surface area (Å²) >= 11 is 0. The number of carbonyl (C=O) groups excluding carboxylic acids is 1. The van der Waals surface area contributed by atoms with E-state index in [9.17, 15) is 14.7 Å². The van der Waals surface area contributed by atoms with E-state index in [-0.39, 0.29) is 19.0 Å². The van der Waals surface area contributed by atoms with Crippen LogP contribution in [0.3, 0.4) is 0 Å². The number of rotatable bonds is 5. The summed E-state index contributed by atoms with van der Waals surface area (Å²) in [6.45, 7) is 2.08. The first-order chi connectivity index (χ1) is 12.5. The third-order valence-corrected chi connectivity index (χ3v) is 4.64. The highest BCUT2D eigenvalue weighted by Gasteiger charge is 2.28. The first kappa shape index (κ1) is 16.2. The van der Waals surface area contributed by atoms with Gasteiger partial charge in [-0.15, -0.1) is 0 Å². The highest BCUT2D eigenvalue weighted by atomic mass is 16.7. The Morgan fingerprint density at radius 2 is 1.85 bits per heavy atom. The molecule has 1 atom stereocenters. The smallest absolute Gasteiger partial charge is 0.311 e. The summed E-state index contributed by atoms with van der Waals surface area (Å²) < 4.78 is 10.7. The molecule has 0 amide bonds. The number of benzene rings is 2. The fourth-order valence-corrected chi connectivity index (χ4v) is 3.19. The van der Waals surface area contributed by atoms with E-state index in [1.807, 2.05) is 19.1 Å². The van der Waals surface area contributed by atoms with Gasteiger partial charge in [0.15, 0.2) is 17.3 Å². The molecule has 0 fully saturated rings. The summed E-state index contributed by atoms with van der Waals surface area (Å²) in [6, 6.07) is 10.7. The van der Waals surface area contributed by atoms with Crippen molar-refractivity contribution in [3.8, 4) is 11.5 Å². The van der Waals surface area contributed by atoms with Crippen molar-refractivity contribution < 1.29 is 24.2 Å². The van der Waals surface area contributed by atoms with Gasteiger partial charge in [-0.25, -0.2) is 0 Å². The van der Waals surface area contributed by atoms with Gasteiger partial charge in [-0.05, 0) is 18.6 Å². The number of H-pyrrole nitrogens is 1.